The molecular formula is C26H27N3O4. The van der Waals surface area contributed by atoms with E-state index in [1.54, 1.807) is 55.6 Å². The summed E-state index contributed by atoms with van der Waals surface area (Å²) in [6.07, 6.45) is -0.614. The first kappa shape index (κ1) is 22.5. The third-order valence-corrected chi connectivity index (χ3v) is 5.45. The lowest BCUT2D eigenvalue weighted by Gasteiger charge is -2.32. The van der Waals surface area contributed by atoms with Crippen molar-refractivity contribution in [1.82, 2.24) is 4.90 Å². The number of morpholine rings is 1. The summed E-state index contributed by atoms with van der Waals surface area (Å²) in [5, 5.41) is 5.73. The number of amides is 2. The van der Waals surface area contributed by atoms with Gasteiger partial charge in [-0.05, 0) is 29.8 Å². The van der Waals surface area contributed by atoms with Crippen molar-refractivity contribution in [3.8, 4) is 5.75 Å². The Balaban J connectivity index is 1.41. The Morgan fingerprint density at radius 1 is 1.00 bits per heavy atom. The van der Waals surface area contributed by atoms with Gasteiger partial charge in [-0.1, -0.05) is 48.5 Å². The monoisotopic (exact) mass is 445 g/mol. The second kappa shape index (κ2) is 10.8. The summed E-state index contributed by atoms with van der Waals surface area (Å²) in [7, 11) is 1.57. The van der Waals surface area contributed by atoms with Gasteiger partial charge in [0.25, 0.3) is 11.8 Å². The van der Waals surface area contributed by atoms with E-state index in [2.05, 4.69) is 27.7 Å². The number of benzene rings is 3. The molecule has 0 aliphatic carbocycles. The maximum absolute atomic E-state index is 13.0. The van der Waals surface area contributed by atoms with Crippen molar-refractivity contribution in [1.29, 1.82) is 0 Å². The van der Waals surface area contributed by atoms with Crippen LogP contribution < -0.4 is 15.4 Å². The third kappa shape index (κ3) is 5.97. The van der Waals surface area contributed by atoms with E-state index in [0.29, 0.717) is 35.8 Å². The highest BCUT2D eigenvalue weighted by Gasteiger charge is 2.27. The fraction of sp³-hybridized carbons (Fsp3) is 0.231. The summed E-state index contributed by atoms with van der Waals surface area (Å²) >= 11 is 0. The second-order valence-electron chi connectivity index (χ2n) is 7.80. The third-order valence-electron chi connectivity index (χ3n) is 5.45. The zero-order valence-corrected chi connectivity index (χ0v) is 18.5. The van der Waals surface area contributed by atoms with Gasteiger partial charge in [-0.15, -0.1) is 0 Å². The van der Waals surface area contributed by atoms with Crippen molar-refractivity contribution in [3.63, 3.8) is 0 Å². The lowest BCUT2D eigenvalue weighted by Crippen LogP contribution is -2.47. The van der Waals surface area contributed by atoms with Gasteiger partial charge in [0, 0.05) is 31.4 Å². The molecule has 1 fully saturated rings. The maximum Gasteiger partial charge on any atom is 0.257 e. The molecule has 1 unspecified atom stereocenters. The van der Waals surface area contributed by atoms with Gasteiger partial charge in [-0.2, -0.15) is 0 Å². The second-order valence-corrected chi connectivity index (χ2v) is 7.80. The highest BCUT2D eigenvalue weighted by Crippen LogP contribution is 2.21. The largest absolute Gasteiger partial charge is 0.497 e. The molecular weight excluding hydrogens is 418 g/mol. The van der Waals surface area contributed by atoms with Gasteiger partial charge >= 0.3 is 0 Å². The molecule has 3 aromatic rings. The van der Waals surface area contributed by atoms with Gasteiger partial charge in [0.05, 0.1) is 25.0 Å². The molecule has 0 radical (unpaired) electrons. The Kier molecular flexibility index (Phi) is 7.34. The summed E-state index contributed by atoms with van der Waals surface area (Å²) < 4.78 is 10.9. The topological polar surface area (TPSA) is 79.9 Å². The zero-order chi connectivity index (χ0) is 23.0. The molecule has 1 aliphatic rings. The summed E-state index contributed by atoms with van der Waals surface area (Å²) in [5.74, 6) is 0.0488. The number of para-hydroxylation sites is 1. The number of anilines is 2. The van der Waals surface area contributed by atoms with E-state index in [1.165, 1.54) is 5.56 Å². The molecule has 170 valence electrons. The minimum atomic E-state index is -0.614. The van der Waals surface area contributed by atoms with Gasteiger partial charge < -0.3 is 20.1 Å². The van der Waals surface area contributed by atoms with Gasteiger partial charge in [0.15, 0.2) is 0 Å². The minimum Gasteiger partial charge on any atom is -0.497 e. The average Bonchev–Trinajstić information content (AvgIpc) is 2.85. The van der Waals surface area contributed by atoms with E-state index in [-0.39, 0.29) is 11.8 Å². The van der Waals surface area contributed by atoms with Crippen LogP contribution in [0, 0.1) is 0 Å². The first-order chi connectivity index (χ1) is 16.1. The highest BCUT2D eigenvalue weighted by molar-refractivity contribution is 6.10. The molecule has 1 saturated heterocycles. The molecule has 7 heteroatoms. The number of methoxy groups -OCH3 is 1. The van der Waals surface area contributed by atoms with Crippen LogP contribution in [0.4, 0.5) is 11.4 Å². The zero-order valence-electron chi connectivity index (χ0n) is 18.5. The van der Waals surface area contributed by atoms with Crippen LogP contribution in [0.1, 0.15) is 15.9 Å². The first-order valence-corrected chi connectivity index (χ1v) is 10.9. The van der Waals surface area contributed by atoms with Crippen molar-refractivity contribution in [2.45, 2.75) is 12.6 Å². The van der Waals surface area contributed by atoms with Crippen molar-refractivity contribution in [3.05, 3.63) is 90.0 Å². The molecule has 4 rings (SSSR count). The number of carbonyl (C=O) groups is 2. The first-order valence-electron chi connectivity index (χ1n) is 10.9. The number of rotatable bonds is 7. The summed E-state index contributed by atoms with van der Waals surface area (Å²) in [6.45, 7) is 2.48. The number of ether oxygens (including phenoxy) is 2. The van der Waals surface area contributed by atoms with Gasteiger partial charge in [0.2, 0.25) is 0 Å². The smallest absolute Gasteiger partial charge is 0.257 e. The van der Waals surface area contributed by atoms with E-state index in [9.17, 15) is 9.59 Å². The molecule has 0 saturated carbocycles. The van der Waals surface area contributed by atoms with Crippen LogP contribution in [0.25, 0.3) is 0 Å². The number of nitrogens with one attached hydrogen (secondary N) is 2. The Labute approximate surface area is 193 Å². The maximum atomic E-state index is 13.0. The molecule has 3 aromatic carbocycles. The Hall–Kier alpha value is -3.68. The molecule has 2 N–H and O–H groups in total. The lowest BCUT2D eigenvalue weighted by atomic mass is 10.1. The van der Waals surface area contributed by atoms with Crippen LogP contribution in [0.3, 0.4) is 0 Å². The Bertz CT molecular complexity index is 1100. The van der Waals surface area contributed by atoms with E-state index >= 15 is 0 Å². The highest BCUT2D eigenvalue weighted by atomic mass is 16.5. The summed E-state index contributed by atoms with van der Waals surface area (Å²) in [4.78, 5) is 28.1. The molecule has 0 spiro atoms. The van der Waals surface area contributed by atoms with E-state index in [4.69, 9.17) is 9.47 Å². The van der Waals surface area contributed by atoms with Crippen molar-refractivity contribution in [2.75, 3.05) is 37.4 Å². The molecule has 7 nitrogen and oxygen atoms in total. The summed E-state index contributed by atoms with van der Waals surface area (Å²) in [6, 6.07) is 24.2. The number of carbonyl (C=O) groups excluding carboxylic acids is 2. The van der Waals surface area contributed by atoms with E-state index in [0.717, 1.165) is 13.1 Å². The normalized spacial score (nSPS) is 16.1. The molecule has 33 heavy (non-hydrogen) atoms. The molecule has 2 amide bonds. The van der Waals surface area contributed by atoms with Crippen LogP contribution in [0.5, 0.6) is 5.75 Å². The van der Waals surface area contributed by atoms with Crippen molar-refractivity contribution < 1.29 is 19.1 Å². The minimum absolute atomic E-state index is 0.269. The Morgan fingerprint density at radius 2 is 1.79 bits per heavy atom. The molecule has 1 aliphatic heterocycles. The van der Waals surface area contributed by atoms with Crippen LogP contribution in [-0.2, 0) is 16.1 Å². The Morgan fingerprint density at radius 3 is 2.61 bits per heavy atom. The van der Waals surface area contributed by atoms with E-state index in [1.807, 2.05) is 18.2 Å². The lowest BCUT2D eigenvalue weighted by molar-refractivity contribution is -0.133. The average molecular weight is 446 g/mol. The predicted molar refractivity (Wildman–Crippen MR) is 127 cm³/mol. The van der Waals surface area contributed by atoms with Gasteiger partial charge in [-0.25, -0.2) is 0 Å². The molecule has 1 atom stereocenters. The fourth-order valence-corrected chi connectivity index (χ4v) is 3.75. The number of hydrogen-bond donors (Lipinski definition) is 2. The summed E-state index contributed by atoms with van der Waals surface area (Å²) in [5.41, 5.74) is 2.60. The van der Waals surface area contributed by atoms with Crippen LogP contribution in [0.15, 0.2) is 78.9 Å². The molecule has 0 bridgehead atoms. The van der Waals surface area contributed by atoms with Crippen molar-refractivity contribution >= 4 is 23.2 Å². The standard InChI is InChI=1S/C26H27N3O4/c1-32-21-11-7-10-20(16-21)27-25(30)22-12-5-6-13-23(22)28-26(31)24-18-29(14-15-33-24)17-19-8-3-2-4-9-19/h2-13,16,24H,14-15,17-18H2,1H3,(H,27,30)(H,28,31). The SMILES string of the molecule is COc1cccc(NC(=O)c2ccccc2NC(=O)C2CN(Cc3ccccc3)CCO2)c1. The quantitative estimate of drug-likeness (QED) is 0.579. The van der Waals surface area contributed by atoms with Gasteiger partial charge in [-0.3, -0.25) is 14.5 Å². The van der Waals surface area contributed by atoms with Crippen LogP contribution in [-0.4, -0.2) is 49.6 Å². The number of nitrogens with zero attached hydrogens (tertiary/aromatic N) is 1. The molecule has 0 aromatic heterocycles. The van der Waals surface area contributed by atoms with Gasteiger partial charge in [0.1, 0.15) is 11.9 Å². The predicted octanol–water partition coefficient (Wildman–Crippen LogP) is 3.79. The molecule has 1 heterocycles. The van der Waals surface area contributed by atoms with Crippen LogP contribution in [0.2, 0.25) is 0 Å². The van der Waals surface area contributed by atoms with Crippen LogP contribution >= 0.6 is 0 Å². The number of hydrogen-bond acceptors (Lipinski definition) is 5. The van der Waals surface area contributed by atoms with E-state index < -0.39 is 6.10 Å². The fourth-order valence-electron chi connectivity index (χ4n) is 3.75. The van der Waals surface area contributed by atoms with Crippen molar-refractivity contribution in [2.24, 2.45) is 0 Å².